The summed E-state index contributed by atoms with van der Waals surface area (Å²) in [5, 5.41) is 1.21. The molecule has 0 spiro atoms. The number of carbonyl (C=O) groups is 1. The van der Waals surface area contributed by atoms with E-state index in [9.17, 15) is 4.79 Å². The lowest BCUT2D eigenvalue weighted by molar-refractivity contribution is 0.0830. The topological polar surface area (TPSA) is 45.7 Å². The van der Waals surface area contributed by atoms with Crippen molar-refractivity contribution in [2.75, 3.05) is 37.7 Å². The molecule has 0 saturated carbocycles. The van der Waals surface area contributed by atoms with Gasteiger partial charge >= 0.3 is 6.09 Å². The van der Waals surface area contributed by atoms with Crippen molar-refractivity contribution in [3.05, 3.63) is 35.4 Å². The molecule has 0 radical (unpaired) electrons. The molecule has 1 aromatic heterocycles. The molecule has 158 valence electrons. The van der Waals surface area contributed by atoms with Crippen LogP contribution in [0, 0.1) is 19.8 Å². The van der Waals surface area contributed by atoms with Crippen LogP contribution in [-0.4, -0.2) is 48.8 Å². The second-order valence-corrected chi connectivity index (χ2v) is 8.24. The molecule has 1 atom stereocenters. The second kappa shape index (κ2) is 9.95. The van der Waals surface area contributed by atoms with E-state index < -0.39 is 0 Å². The number of hydrogen-bond donors (Lipinski definition) is 0. The van der Waals surface area contributed by atoms with E-state index in [1.165, 1.54) is 29.4 Å². The number of aryl methyl sites for hydroxylation is 2. The zero-order chi connectivity index (χ0) is 20.8. The van der Waals surface area contributed by atoms with Crippen molar-refractivity contribution in [2.45, 2.75) is 53.4 Å². The van der Waals surface area contributed by atoms with Crippen LogP contribution >= 0.6 is 0 Å². The van der Waals surface area contributed by atoms with Gasteiger partial charge in [0.15, 0.2) is 0 Å². The number of unbranched alkanes of at least 4 members (excludes halogenated alkanes) is 1. The average molecular weight is 398 g/mol. The zero-order valence-electron chi connectivity index (χ0n) is 18.4. The third kappa shape index (κ3) is 5.20. The summed E-state index contributed by atoms with van der Waals surface area (Å²) >= 11 is 0. The van der Waals surface area contributed by atoms with E-state index in [1.54, 1.807) is 0 Å². The number of anilines is 1. The first-order valence-corrected chi connectivity index (χ1v) is 11.1. The van der Waals surface area contributed by atoms with Gasteiger partial charge in [0.2, 0.25) is 0 Å². The first-order valence-electron chi connectivity index (χ1n) is 11.1. The minimum atomic E-state index is -0.168. The predicted molar refractivity (Wildman–Crippen MR) is 120 cm³/mol. The number of amides is 1. The van der Waals surface area contributed by atoms with E-state index in [0.717, 1.165) is 37.3 Å². The number of ether oxygens (including phenoxy) is 1. The van der Waals surface area contributed by atoms with Crippen LogP contribution in [0.2, 0.25) is 0 Å². The maximum absolute atomic E-state index is 12.5. The van der Waals surface area contributed by atoms with E-state index in [2.05, 4.69) is 56.9 Å². The Morgan fingerprint density at radius 2 is 1.90 bits per heavy atom. The lowest BCUT2D eigenvalue weighted by Gasteiger charge is -2.35. The Morgan fingerprint density at radius 1 is 1.14 bits per heavy atom. The van der Waals surface area contributed by atoms with E-state index in [4.69, 9.17) is 9.72 Å². The largest absolute Gasteiger partial charge is 0.449 e. The van der Waals surface area contributed by atoms with Gasteiger partial charge in [-0.15, -0.1) is 0 Å². The van der Waals surface area contributed by atoms with Crippen LogP contribution in [0.5, 0.6) is 0 Å². The highest BCUT2D eigenvalue weighted by atomic mass is 16.6. The fourth-order valence-corrected chi connectivity index (χ4v) is 4.00. The number of piperazine rings is 1. The molecule has 1 saturated heterocycles. The van der Waals surface area contributed by atoms with Crippen molar-refractivity contribution >= 4 is 22.8 Å². The highest BCUT2D eigenvalue weighted by Gasteiger charge is 2.24. The Morgan fingerprint density at radius 3 is 2.59 bits per heavy atom. The van der Waals surface area contributed by atoms with Crippen molar-refractivity contribution in [1.29, 1.82) is 0 Å². The Kier molecular flexibility index (Phi) is 7.34. The fourth-order valence-electron chi connectivity index (χ4n) is 4.00. The summed E-state index contributed by atoms with van der Waals surface area (Å²) in [6, 6.07) is 8.49. The molecule has 5 heteroatoms. The second-order valence-electron chi connectivity index (χ2n) is 8.24. The molecule has 1 aromatic carbocycles. The number of aromatic nitrogens is 1. The third-order valence-electron chi connectivity index (χ3n) is 6.08. The van der Waals surface area contributed by atoms with Crippen molar-refractivity contribution < 1.29 is 9.53 Å². The molecule has 2 aromatic rings. The summed E-state index contributed by atoms with van der Waals surface area (Å²) in [5.74, 6) is 1.48. The molecule has 5 nitrogen and oxygen atoms in total. The van der Waals surface area contributed by atoms with E-state index >= 15 is 0 Å². The van der Waals surface area contributed by atoms with Gasteiger partial charge in [0.05, 0.1) is 12.1 Å². The van der Waals surface area contributed by atoms with Gasteiger partial charge in [-0.1, -0.05) is 51.3 Å². The van der Waals surface area contributed by atoms with E-state index in [0.29, 0.717) is 25.6 Å². The molecule has 1 aliphatic heterocycles. The number of rotatable bonds is 7. The first-order chi connectivity index (χ1) is 14.0. The van der Waals surface area contributed by atoms with Crippen LogP contribution < -0.4 is 4.90 Å². The van der Waals surface area contributed by atoms with Crippen LogP contribution in [0.15, 0.2) is 24.3 Å². The van der Waals surface area contributed by atoms with Gasteiger partial charge in [-0.2, -0.15) is 0 Å². The van der Waals surface area contributed by atoms with Crippen molar-refractivity contribution in [2.24, 2.45) is 5.92 Å². The molecule has 2 heterocycles. The highest BCUT2D eigenvalue weighted by Crippen LogP contribution is 2.25. The maximum Gasteiger partial charge on any atom is 0.409 e. The summed E-state index contributed by atoms with van der Waals surface area (Å²) in [5.41, 5.74) is 3.51. The molecule has 3 rings (SSSR count). The molecule has 1 unspecified atom stereocenters. The van der Waals surface area contributed by atoms with Gasteiger partial charge in [0.25, 0.3) is 0 Å². The van der Waals surface area contributed by atoms with E-state index in [-0.39, 0.29) is 6.09 Å². The highest BCUT2D eigenvalue weighted by molar-refractivity contribution is 5.86. The first kappa shape index (κ1) is 21.4. The van der Waals surface area contributed by atoms with E-state index in [1.807, 2.05) is 4.90 Å². The van der Waals surface area contributed by atoms with Crippen LogP contribution in [0.1, 0.15) is 50.7 Å². The minimum absolute atomic E-state index is 0.168. The summed E-state index contributed by atoms with van der Waals surface area (Å²) in [6.07, 6.45) is 4.42. The fraction of sp³-hybridized carbons (Fsp3) is 0.583. The number of fused-ring (bicyclic) bond motifs is 1. The predicted octanol–water partition coefficient (Wildman–Crippen LogP) is 5.33. The number of hydrogen-bond acceptors (Lipinski definition) is 4. The Balaban J connectivity index is 1.57. The number of benzene rings is 1. The molecular formula is C24H35N3O2. The maximum atomic E-state index is 12.5. The summed E-state index contributed by atoms with van der Waals surface area (Å²) in [4.78, 5) is 21.5. The number of para-hydroxylation sites is 1. The standard InChI is InChI=1S/C24H35N3O2/c1-5-7-10-20(6-2)17-29-24(28)27-14-12-26(13-15-27)22-16-19(4)21-11-8-9-18(3)23(21)25-22/h8-9,11,16,20H,5-7,10,12-15,17H2,1-4H3. The normalized spacial score (nSPS) is 15.6. The van der Waals surface area contributed by atoms with Crippen LogP contribution in [0.4, 0.5) is 10.6 Å². The number of nitrogens with zero attached hydrogens (tertiary/aromatic N) is 3. The van der Waals surface area contributed by atoms with Gasteiger partial charge < -0.3 is 14.5 Å². The average Bonchev–Trinajstić information content (AvgIpc) is 2.74. The lowest BCUT2D eigenvalue weighted by atomic mass is 10.0. The summed E-state index contributed by atoms with van der Waals surface area (Å²) in [7, 11) is 0. The van der Waals surface area contributed by atoms with Gasteiger partial charge in [-0.25, -0.2) is 9.78 Å². The van der Waals surface area contributed by atoms with Gasteiger partial charge in [-0.05, 0) is 43.4 Å². The van der Waals surface area contributed by atoms with Crippen LogP contribution in [0.3, 0.4) is 0 Å². The SMILES string of the molecule is CCCCC(CC)COC(=O)N1CCN(c2cc(C)c3cccc(C)c3n2)CC1. The smallest absolute Gasteiger partial charge is 0.409 e. The van der Waals surface area contributed by atoms with Gasteiger partial charge in [-0.3, -0.25) is 0 Å². The molecule has 1 aliphatic rings. The zero-order valence-corrected chi connectivity index (χ0v) is 18.4. The molecule has 1 amide bonds. The quantitative estimate of drug-likeness (QED) is 0.634. The summed E-state index contributed by atoms with van der Waals surface area (Å²) < 4.78 is 5.62. The monoisotopic (exact) mass is 397 g/mol. The Bertz CT molecular complexity index is 828. The molecule has 1 fully saturated rings. The molecule has 0 bridgehead atoms. The summed E-state index contributed by atoms with van der Waals surface area (Å²) in [6.45, 7) is 12.1. The lowest BCUT2D eigenvalue weighted by Crippen LogP contribution is -2.49. The Labute approximate surface area is 175 Å². The Hall–Kier alpha value is -2.30. The molecule has 0 N–H and O–H groups in total. The molecule has 0 aliphatic carbocycles. The van der Waals surface area contributed by atoms with Gasteiger partial charge in [0.1, 0.15) is 5.82 Å². The molecule has 29 heavy (non-hydrogen) atoms. The third-order valence-corrected chi connectivity index (χ3v) is 6.08. The van der Waals surface area contributed by atoms with Gasteiger partial charge in [0, 0.05) is 31.6 Å². The van der Waals surface area contributed by atoms with Crippen LogP contribution in [0.25, 0.3) is 10.9 Å². The van der Waals surface area contributed by atoms with Crippen molar-refractivity contribution in [3.63, 3.8) is 0 Å². The minimum Gasteiger partial charge on any atom is -0.449 e. The molecular weight excluding hydrogens is 362 g/mol. The van der Waals surface area contributed by atoms with Crippen LogP contribution in [-0.2, 0) is 4.74 Å². The number of carbonyl (C=O) groups excluding carboxylic acids is 1. The number of pyridine rings is 1. The van der Waals surface area contributed by atoms with Crippen molar-refractivity contribution in [3.8, 4) is 0 Å². The van der Waals surface area contributed by atoms with Crippen molar-refractivity contribution in [1.82, 2.24) is 9.88 Å².